The van der Waals surface area contributed by atoms with Gasteiger partial charge in [-0.25, -0.2) is 4.79 Å². The number of benzene rings is 1. The smallest absolute Gasteiger partial charge is 0.337 e. The highest BCUT2D eigenvalue weighted by Crippen LogP contribution is 2.11. The molecule has 19 heavy (non-hydrogen) atoms. The normalized spacial score (nSPS) is 9.21. The molecule has 0 saturated carbocycles. The fourth-order valence-corrected chi connectivity index (χ4v) is 1.47. The van der Waals surface area contributed by atoms with Crippen LogP contribution in [0.25, 0.3) is 0 Å². The van der Waals surface area contributed by atoms with Crippen molar-refractivity contribution in [3.05, 3.63) is 34.9 Å². The number of esters is 2. The second kappa shape index (κ2) is 7.22. The van der Waals surface area contributed by atoms with E-state index >= 15 is 0 Å². The Hall–Kier alpha value is -2.28. The van der Waals surface area contributed by atoms with Gasteiger partial charge in [-0.1, -0.05) is 11.8 Å². The van der Waals surface area contributed by atoms with Crippen LogP contribution in [0.3, 0.4) is 0 Å². The molecule has 4 nitrogen and oxygen atoms in total. The number of methoxy groups -OCH3 is 1. The highest BCUT2D eigenvalue weighted by atomic mass is 16.5. The molecule has 0 aromatic heterocycles. The number of rotatable bonds is 3. The van der Waals surface area contributed by atoms with Gasteiger partial charge < -0.3 is 9.47 Å². The van der Waals surface area contributed by atoms with Crippen LogP contribution in [-0.2, 0) is 14.3 Å². The molecule has 0 aliphatic rings. The van der Waals surface area contributed by atoms with Crippen LogP contribution < -0.4 is 0 Å². The molecule has 0 aliphatic heterocycles. The minimum absolute atomic E-state index is 0.0615. The number of carbonyl (C=O) groups is 2. The van der Waals surface area contributed by atoms with Crippen molar-refractivity contribution in [2.24, 2.45) is 0 Å². The van der Waals surface area contributed by atoms with Crippen LogP contribution in [0.4, 0.5) is 0 Å². The van der Waals surface area contributed by atoms with Crippen molar-refractivity contribution in [2.45, 2.75) is 20.3 Å². The van der Waals surface area contributed by atoms with Gasteiger partial charge in [-0.05, 0) is 37.6 Å². The van der Waals surface area contributed by atoms with Gasteiger partial charge in [-0.3, -0.25) is 4.79 Å². The summed E-state index contributed by atoms with van der Waals surface area (Å²) in [5, 5.41) is 0. The number of ether oxygens (including phenoxy) is 2. The van der Waals surface area contributed by atoms with Gasteiger partial charge in [0, 0.05) is 5.56 Å². The molecule has 0 unspecified atom stereocenters. The molecule has 0 atom stereocenters. The van der Waals surface area contributed by atoms with E-state index in [0.29, 0.717) is 12.2 Å². The zero-order chi connectivity index (χ0) is 14.3. The summed E-state index contributed by atoms with van der Waals surface area (Å²) >= 11 is 0. The lowest BCUT2D eigenvalue weighted by Gasteiger charge is -2.02. The molecular weight excluding hydrogens is 244 g/mol. The first-order chi connectivity index (χ1) is 9.08. The average molecular weight is 260 g/mol. The van der Waals surface area contributed by atoms with Crippen LogP contribution in [0, 0.1) is 18.8 Å². The molecule has 0 fully saturated rings. The molecule has 1 rings (SSSR count). The molecular formula is C15H16O4. The third kappa shape index (κ3) is 4.47. The third-order valence-electron chi connectivity index (χ3n) is 2.41. The van der Waals surface area contributed by atoms with Crippen molar-refractivity contribution < 1.29 is 19.1 Å². The van der Waals surface area contributed by atoms with E-state index in [0.717, 1.165) is 11.1 Å². The summed E-state index contributed by atoms with van der Waals surface area (Å²) in [6, 6.07) is 5.09. The van der Waals surface area contributed by atoms with E-state index in [4.69, 9.17) is 4.74 Å². The Kier molecular flexibility index (Phi) is 5.62. The molecule has 0 heterocycles. The van der Waals surface area contributed by atoms with Gasteiger partial charge in [-0.2, -0.15) is 0 Å². The van der Waals surface area contributed by atoms with E-state index in [1.54, 1.807) is 25.1 Å². The number of hydrogen-bond donors (Lipinski definition) is 0. The predicted octanol–water partition coefficient (Wildman–Crippen LogP) is 2.09. The average Bonchev–Trinajstić information content (AvgIpc) is 2.40. The summed E-state index contributed by atoms with van der Waals surface area (Å²) in [7, 11) is 1.34. The number of aryl methyl sites for hydroxylation is 1. The van der Waals surface area contributed by atoms with Crippen LogP contribution in [0.5, 0.6) is 0 Å². The predicted molar refractivity (Wildman–Crippen MR) is 70.6 cm³/mol. The quantitative estimate of drug-likeness (QED) is 0.617. The summed E-state index contributed by atoms with van der Waals surface area (Å²) < 4.78 is 9.41. The molecule has 0 N–H and O–H groups in total. The van der Waals surface area contributed by atoms with Gasteiger partial charge in [0.2, 0.25) is 0 Å². The Bertz CT molecular complexity index is 535. The monoisotopic (exact) mass is 260 g/mol. The van der Waals surface area contributed by atoms with E-state index < -0.39 is 0 Å². The first kappa shape index (κ1) is 14.8. The number of hydrogen-bond acceptors (Lipinski definition) is 4. The lowest BCUT2D eigenvalue weighted by atomic mass is 10.1. The van der Waals surface area contributed by atoms with Gasteiger partial charge in [0.25, 0.3) is 0 Å². The lowest BCUT2D eigenvalue weighted by Crippen LogP contribution is -2.02. The molecule has 0 amide bonds. The van der Waals surface area contributed by atoms with Crippen molar-refractivity contribution in [1.29, 1.82) is 0 Å². The van der Waals surface area contributed by atoms with Crippen LogP contribution in [0.1, 0.15) is 34.8 Å². The van der Waals surface area contributed by atoms with E-state index in [9.17, 15) is 9.59 Å². The van der Waals surface area contributed by atoms with Crippen molar-refractivity contribution >= 4 is 11.9 Å². The summed E-state index contributed by atoms with van der Waals surface area (Å²) in [6.07, 6.45) is 0.0615. The van der Waals surface area contributed by atoms with E-state index in [2.05, 4.69) is 16.6 Å². The molecule has 0 bridgehead atoms. The minimum Gasteiger partial charge on any atom is -0.465 e. The van der Waals surface area contributed by atoms with E-state index in [1.165, 1.54) is 7.11 Å². The Labute approximate surface area is 112 Å². The number of carbonyl (C=O) groups excluding carboxylic acids is 2. The first-order valence-corrected chi connectivity index (χ1v) is 5.92. The summed E-state index contributed by atoms with van der Waals surface area (Å²) in [5.74, 6) is 4.92. The molecule has 0 radical (unpaired) electrons. The summed E-state index contributed by atoms with van der Waals surface area (Å²) in [6.45, 7) is 3.95. The Morgan fingerprint density at radius 1 is 1.32 bits per heavy atom. The maximum absolute atomic E-state index is 11.3. The van der Waals surface area contributed by atoms with Crippen molar-refractivity contribution in [3.8, 4) is 11.8 Å². The van der Waals surface area contributed by atoms with Gasteiger partial charge in [-0.15, -0.1) is 0 Å². The first-order valence-electron chi connectivity index (χ1n) is 5.92. The molecule has 100 valence electrons. The fraction of sp³-hybridized carbons (Fsp3) is 0.333. The Morgan fingerprint density at radius 2 is 2.05 bits per heavy atom. The molecule has 1 aromatic carbocycles. The Balaban J connectivity index is 2.78. The van der Waals surface area contributed by atoms with Gasteiger partial charge >= 0.3 is 11.9 Å². The van der Waals surface area contributed by atoms with E-state index in [-0.39, 0.29) is 18.4 Å². The highest BCUT2D eigenvalue weighted by molar-refractivity contribution is 5.89. The Morgan fingerprint density at radius 3 is 2.63 bits per heavy atom. The second-order valence-electron chi connectivity index (χ2n) is 3.80. The fourth-order valence-electron chi connectivity index (χ4n) is 1.47. The zero-order valence-electron chi connectivity index (χ0n) is 11.3. The molecule has 0 spiro atoms. The summed E-state index contributed by atoms with van der Waals surface area (Å²) in [5.41, 5.74) is 2.12. The van der Waals surface area contributed by atoms with Crippen molar-refractivity contribution in [2.75, 3.05) is 13.7 Å². The lowest BCUT2D eigenvalue weighted by molar-refractivity contribution is -0.141. The minimum atomic E-state index is -0.380. The SMILES string of the molecule is CCOC(=O)CC#Cc1ccc(C(=O)OC)cc1C. The molecule has 0 saturated heterocycles. The van der Waals surface area contributed by atoms with Crippen molar-refractivity contribution in [3.63, 3.8) is 0 Å². The van der Waals surface area contributed by atoms with Gasteiger partial charge in [0.05, 0.1) is 19.3 Å². The maximum Gasteiger partial charge on any atom is 0.337 e. The van der Waals surface area contributed by atoms with Gasteiger partial charge in [0.15, 0.2) is 0 Å². The van der Waals surface area contributed by atoms with Crippen LogP contribution in [-0.4, -0.2) is 25.7 Å². The van der Waals surface area contributed by atoms with Crippen LogP contribution in [0.15, 0.2) is 18.2 Å². The van der Waals surface area contributed by atoms with E-state index in [1.807, 2.05) is 6.92 Å². The van der Waals surface area contributed by atoms with Gasteiger partial charge in [0.1, 0.15) is 6.42 Å². The summed E-state index contributed by atoms with van der Waals surface area (Å²) in [4.78, 5) is 22.4. The largest absolute Gasteiger partial charge is 0.465 e. The second-order valence-corrected chi connectivity index (χ2v) is 3.80. The van der Waals surface area contributed by atoms with Crippen molar-refractivity contribution in [1.82, 2.24) is 0 Å². The molecule has 4 heteroatoms. The highest BCUT2D eigenvalue weighted by Gasteiger charge is 2.06. The zero-order valence-corrected chi connectivity index (χ0v) is 11.3. The topological polar surface area (TPSA) is 52.6 Å². The molecule has 0 aliphatic carbocycles. The maximum atomic E-state index is 11.3. The third-order valence-corrected chi connectivity index (χ3v) is 2.41. The van der Waals surface area contributed by atoms with Crippen LogP contribution >= 0.6 is 0 Å². The standard InChI is InChI=1S/C15H16O4/c1-4-19-14(16)7-5-6-12-8-9-13(10-11(12)2)15(17)18-3/h8-10H,4,7H2,1-3H3. The molecule has 1 aromatic rings. The van der Waals surface area contributed by atoms with Crippen LogP contribution in [0.2, 0.25) is 0 Å².